The number of hydrogen-bond acceptors (Lipinski definition) is 4. The first-order valence-corrected chi connectivity index (χ1v) is 9.81. The Labute approximate surface area is 166 Å². The van der Waals surface area contributed by atoms with Gasteiger partial charge in [-0.25, -0.2) is 0 Å². The highest BCUT2D eigenvalue weighted by atomic mass is 32.1. The minimum atomic E-state index is 0.284. The van der Waals surface area contributed by atoms with Crippen molar-refractivity contribution in [1.29, 1.82) is 0 Å². The van der Waals surface area contributed by atoms with E-state index in [2.05, 4.69) is 53.6 Å². The van der Waals surface area contributed by atoms with E-state index in [-0.39, 0.29) is 6.04 Å². The maximum absolute atomic E-state index is 5.48. The Morgan fingerprint density at radius 3 is 2.52 bits per heavy atom. The van der Waals surface area contributed by atoms with Crippen LogP contribution in [-0.4, -0.2) is 36.4 Å². The number of likely N-dealkylation sites (N-methyl/N-ethyl adjacent to an activating group) is 1. The lowest BCUT2D eigenvalue weighted by Crippen LogP contribution is -2.41. The Morgan fingerprint density at radius 1 is 1.04 bits per heavy atom. The molecule has 1 atom stereocenters. The predicted molar refractivity (Wildman–Crippen MR) is 112 cm³/mol. The third-order valence-corrected chi connectivity index (χ3v) is 5.07. The van der Waals surface area contributed by atoms with Gasteiger partial charge >= 0.3 is 0 Å². The first-order valence-electron chi connectivity index (χ1n) is 9.40. The van der Waals surface area contributed by atoms with E-state index in [1.807, 2.05) is 24.3 Å². The normalized spacial score (nSPS) is 13.4. The minimum Gasteiger partial charge on any atom is -0.454 e. The van der Waals surface area contributed by atoms with Crippen molar-refractivity contribution in [3.05, 3.63) is 59.7 Å². The molecule has 1 heterocycles. The summed E-state index contributed by atoms with van der Waals surface area (Å²) in [6, 6.07) is 16.8. The van der Waals surface area contributed by atoms with Gasteiger partial charge < -0.3 is 20.1 Å². The van der Waals surface area contributed by atoms with Gasteiger partial charge in [-0.05, 0) is 48.6 Å². The van der Waals surface area contributed by atoms with Crippen LogP contribution in [0.25, 0.3) is 0 Å². The third-order valence-electron chi connectivity index (χ3n) is 4.78. The smallest absolute Gasteiger partial charge is 0.231 e. The fourth-order valence-corrected chi connectivity index (χ4v) is 3.44. The van der Waals surface area contributed by atoms with E-state index in [0.717, 1.165) is 36.7 Å². The molecule has 2 aromatic carbocycles. The van der Waals surface area contributed by atoms with Crippen LogP contribution in [0.1, 0.15) is 31.0 Å². The van der Waals surface area contributed by atoms with Crippen LogP contribution in [0.3, 0.4) is 0 Å². The second kappa shape index (κ2) is 9.58. The molecular formula is C21H27N3O2S. The lowest BCUT2D eigenvalue weighted by atomic mass is 10.1. The first kappa shape index (κ1) is 19.5. The van der Waals surface area contributed by atoms with Crippen LogP contribution >= 0.6 is 12.2 Å². The average Bonchev–Trinajstić information content (AvgIpc) is 3.18. The predicted octanol–water partition coefficient (Wildman–Crippen LogP) is 3.46. The maximum atomic E-state index is 5.48. The molecule has 3 rings (SSSR count). The van der Waals surface area contributed by atoms with Crippen molar-refractivity contribution in [1.82, 2.24) is 15.5 Å². The summed E-state index contributed by atoms with van der Waals surface area (Å²) in [5.74, 6) is 1.59. The van der Waals surface area contributed by atoms with E-state index in [1.165, 1.54) is 5.56 Å². The Morgan fingerprint density at radius 2 is 1.78 bits per heavy atom. The summed E-state index contributed by atoms with van der Waals surface area (Å²) in [5, 5.41) is 7.31. The monoisotopic (exact) mass is 385 g/mol. The van der Waals surface area contributed by atoms with Crippen molar-refractivity contribution < 1.29 is 9.47 Å². The zero-order chi connectivity index (χ0) is 19.1. The molecule has 2 N–H and O–H groups in total. The number of nitrogens with zero attached hydrogens (tertiary/aromatic N) is 1. The average molecular weight is 386 g/mol. The Bertz CT molecular complexity index is 750. The lowest BCUT2D eigenvalue weighted by Gasteiger charge is -2.30. The number of hydrogen-bond donors (Lipinski definition) is 2. The first-order chi connectivity index (χ1) is 13.2. The van der Waals surface area contributed by atoms with Gasteiger partial charge in [-0.15, -0.1) is 0 Å². The summed E-state index contributed by atoms with van der Waals surface area (Å²) < 4.78 is 10.8. The number of thiocarbonyl (C=S) groups is 1. The van der Waals surface area contributed by atoms with E-state index >= 15 is 0 Å². The summed E-state index contributed by atoms with van der Waals surface area (Å²) >= 11 is 5.48. The SMILES string of the molecule is CCN(CC)[C@@H](CNC(=S)NCc1ccc2c(c1)OCO2)c1ccccc1. The van der Waals surface area contributed by atoms with Crippen molar-refractivity contribution in [2.75, 3.05) is 26.4 Å². The molecular weight excluding hydrogens is 358 g/mol. The number of benzene rings is 2. The van der Waals surface area contributed by atoms with Crippen LogP contribution in [0.15, 0.2) is 48.5 Å². The van der Waals surface area contributed by atoms with Gasteiger partial charge in [-0.1, -0.05) is 50.2 Å². The van der Waals surface area contributed by atoms with E-state index in [9.17, 15) is 0 Å². The van der Waals surface area contributed by atoms with Gasteiger partial charge in [-0.3, -0.25) is 4.90 Å². The molecule has 0 spiro atoms. The topological polar surface area (TPSA) is 45.8 Å². The van der Waals surface area contributed by atoms with Gasteiger partial charge in [0.25, 0.3) is 0 Å². The molecule has 0 saturated heterocycles. The maximum Gasteiger partial charge on any atom is 0.231 e. The molecule has 0 saturated carbocycles. The summed E-state index contributed by atoms with van der Waals surface area (Å²) in [5.41, 5.74) is 2.40. The van der Waals surface area contributed by atoms with Crippen molar-refractivity contribution >= 4 is 17.3 Å². The standard InChI is InChI=1S/C21H27N3O2S/c1-3-24(4-2)18(17-8-6-5-7-9-17)14-23-21(27)22-13-16-10-11-19-20(12-16)26-15-25-19/h5-12,18H,3-4,13-15H2,1-2H3,(H2,22,23,27)/t18-/m0/s1. The molecule has 1 aliphatic heterocycles. The molecule has 0 aliphatic carbocycles. The van der Waals surface area contributed by atoms with Gasteiger partial charge in [0.1, 0.15) is 0 Å². The second-order valence-corrected chi connectivity index (χ2v) is 6.81. The third kappa shape index (κ3) is 5.11. The highest BCUT2D eigenvalue weighted by molar-refractivity contribution is 7.80. The van der Waals surface area contributed by atoms with E-state index in [0.29, 0.717) is 18.5 Å². The van der Waals surface area contributed by atoms with Crippen molar-refractivity contribution in [2.45, 2.75) is 26.4 Å². The molecule has 0 unspecified atom stereocenters. The van der Waals surface area contributed by atoms with Crippen LogP contribution in [0.5, 0.6) is 11.5 Å². The largest absolute Gasteiger partial charge is 0.454 e. The van der Waals surface area contributed by atoms with Crippen LogP contribution in [-0.2, 0) is 6.54 Å². The molecule has 1 aliphatic rings. The van der Waals surface area contributed by atoms with Crippen LogP contribution in [0.2, 0.25) is 0 Å². The zero-order valence-corrected chi connectivity index (χ0v) is 16.7. The van der Waals surface area contributed by atoms with Crippen LogP contribution < -0.4 is 20.1 Å². The van der Waals surface area contributed by atoms with Crippen molar-refractivity contribution in [3.8, 4) is 11.5 Å². The number of fused-ring (bicyclic) bond motifs is 1. The molecule has 0 amide bonds. The molecule has 0 fully saturated rings. The molecule has 6 heteroatoms. The van der Waals surface area contributed by atoms with Gasteiger partial charge in [0, 0.05) is 13.1 Å². The van der Waals surface area contributed by atoms with Crippen LogP contribution in [0.4, 0.5) is 0 Å². The zero-order valence-electron chi connectivity index (χ0n) is 15.9. The summed E-state index contributed by atoms with van der Waals surface area (Å²) in [7, 11) is 0. The van der Waals surface area contributed by atoms with Crippen molar-refractivity contribution in [3.63, 3.8) is 0 Å². The fourth-order valence-electron chi connectivity index (χ4n) is 3.28. The van der Waals surface area contributed by atoms with Gasteiger partial charge in [0.2, 0.25) is 6.79 Å². The molecule has 0 aromatic heterocycles. The van der Waals surface area contributed by atoms with E-state index in [4.69, 9.17) is 21.7 Å². The summed E-state index contributed by atoms with van der Waals surface area (Å²) in [6.07, 6.45) is 0. The summed E-state index contributed by atoms with van der Waals surface area (Å²) in [4.78, 5) is 2.43. The molecule has 0 radical (unpaired) electrons. The molecule has 0 bridgehead atoms. The van der Waals surface area contributed by atoms with E-state index < -0.39 is 0 Å². The Hall–Kier alpha value is -2.31. The number of nitrogens with one attached hydrogen (secondary N) is 2. The van der Waals surface area contributed by atoms with Crippen molar-refractivity contribution in [2.24, 2.45) is 0 Å². The lowest BCUT2D eigenvalue weighted by molar-refractivity contribution is 0.174. The molecule has 144 valence electrons. The number of rotatable bonds is 8. The van der Waals surface area contributed by atoms with Gasteiger partial charge in [0.15, 0.2) is 16.6 Å². The van der Waals surface area contributed by atoms with Gasteiger partial charge in [0.05, 0.1) is 6.04 Å². The minimum absolute atomic E-state index is 0.284. The highest BCUT2D eigenvalue weighted by Gasteiger charge is 2.18. The Balaban J connectivity index is 1.54. The summed E-state index contributed by atoms with van der Waals surface area (Å²) in [6.45, 7) is 8.07. The molecule has 27 heavy (non-hydrogen) atoms. The quantitative estimate of drug-likeness (QED) is 0.679. The highest BCUT2D eigenvalue weighted by Crippen LogP contribution is 2.32. The van der Waals surface area contributed by atoms with Gasteiger partial charge in [-0.2, -0.15) is 0 Å². The number of ether oxygens (including phenoxy) is 2. The second-order valence-electron chi connectivity index (χ2n) is 6.40. The van der Waals surface area contributed by atoms with Crippen LogP contribution in [0, 0.1) is 0 Å². The molecule has 5 nitrogen and oxygen atoms in total. The van der Waals surface area contributed by atoms with E-state index in [1.54, 1.807) is 0 Å². The fraction of sp³-hybridized carbons (Fsp3) is 0.381. The molecule has 2 aromatic rings. The Kier molecular flexibility index (Phi) is 6.90.